The number of aryl methyl sites for hydroxylation is 1. The molecular weight excluding hydrogens is 496 g/mol. The Bertz CT molecular complexity index is 1690. The van der Waals surface area contributed by atoms with E-state index < -0.39 is 11.8 Å². The Kier molecular flexibility index (Phi) is 6.83. The molecule has 0 saturated carbocycles. The van der Waals surface area contributed by atoms with Gasteiger partial charge in [0.1, 0.15) is 5.76 Å². The van der Waals surface area contributed by atoms with E-state index in [1.165, 1.54) is 4.90 Å². The van der Waals surface area contributed by atoms with Crippen LogP contribution in [-0.4, -0.2) is 34.3 Å². The van der Waals surface area contributed by atoms with Crippen molar-refractivity contribution in [3.8, 4) is 11.3 Å². The average molecular weight is 523 g/mol. The molecule has 0 radical (unpaired) electrons. The van der Waals surface area contributed by atoms with Crippen molar-refractivity contribution < 1.29 is 18.8 Å². The number of rotatable bonds is 8. The van der Waals surface area contributed by atoms with Crippen molar-refractivity contribution in [2.24, 2.45) is 5.73 Å². The number of anilines is 3. The summed E-state index contributed by atoms with van der Waals surface area (Å²) in [4.78, 5) is 43.7. The number of benzene rings is 3. The number of amides is 3. The van der Waals surface area contributed by atoms with E-state index in [9.17, 15) is 14.4 Å². The molecule has 5 rings (SSSR count). The van der Waals surface area contributed by atoms with Crippen LogP contribution in [0.1, 0.15) is 27.3 Å². The Hall–Kier alpha value is -5.38. The van der Waals surface area contributed by atoms with E-state index in [0.717, 1.165) is 5.56 Å². The molecule has 0 fully saturated rings. The number of nitrogens with two attached hydrogens (primary N) is 2. The van der Waals surface area contributed by atoms with Crippen LogP contribution in [0.5, 0.6) is 0 Å². The lowest BCUT2D eigenvalue weighted by molar-refractivity contribution is -0.118. The Balaban J connectivity index is 1.44. The smallest absolute Gasteiger partial charge is 0.293 e. The van der Waals surface area contributed by atoms with E-state index in [1.807, 2.05) is 12.1 Å². The molecule has 0 aliphatic rings. The maximum Gasteiger partial charge on any atom is 0.293 e. The van der Waals surface area contributed by atoms with Gasteiger partial charge in [-0.05, 0) is 54.6 Å². The lowest BCUT2D eigenvalue weighted by Gasteiger charge is -2.17. The highest BCUT2D eigenvalue weighted by Gasteiger charge is 2.20. The molecule has 2 aromatic heterocycles. The first-order valence-electron chi connectivity index (χ1n) is 12.2. The fourth-order valence-electron chi connectivity index (χ4n) is 4.23. The standard InChI is InChI=1S/C29H26N6O4/c1-34(28(38)18-6-3-2-4-7-18)21-10-11-23-22(17-21)32-29(35(23)15-14-26(31)36)33-27(37)25-13-12-24(39-25)19-8-5-9-20(30)16-19/h2-13,16-17H,14-15,30H2,1H3,(H2,31,36)(H,32,33,37). The number of nitrogens with zero attached hydrogens (tertiary/aromatic N) is 3. The Labute approximate surface area is 223 Å². The summed E-state index contributed by atoms with van der Waals surface area (Å²) in [5, 5.41) is 2.78. The molecule has 5 N–H and O–H groups in total. The summed E-state index contributed by atoms with van der Waals surface area (Å²) in [5.74, 6) is -0.396. The molecule has 3 aromatic carbocycles. The fourth-order valence-corrected chi connectivity index (χ4v) is 4.23. The number of primary amides is 1. The topological polar surface area (TPSA) is 149 Å². The molecule has 2 heterocycles. The number of furan rings is 1. The molecule has 3 amide bonds. The van der Waals surface area contributed by atoms with E-state index >= 15 is 0 Å². The van der Waals surface area contributed by atoms with Gasteiger partial charge in [0.15, 0.2) is 5.76 Å². The highest BCUT2D eigenvalue weighted by Crippen LogP contribution is 2.28. The molecule has 0 saturated heterocycles. The van der Waals surface area contributed by atoms with Crippen LogP contribution in [0.25, 0.3) is 22.4 Å². The zero-order valence-corrected chi connectivity index (χ0v) is 21.1. The van der Waals surface area contributed by atoms with Crippen molar-refractivity contribution in [1.29, 1.82) is 0 Å². The van der Waals surface area contributed by atoms with Gasteiger partial charge < -0.3 is 25.4 Å². The average Bonchev–Trinajstić information content (AvgIpc) is 3.56. The van der Waals surface area contributed by atoms with Crippen LogP contribution in [0.4, 0.5) is 17.3 Å². The molecule has 10 nitrogen and oxygen atoms in total. The molecule has 0 aliphatic heterocycles. The van der Waals surface area contributed by atoms with E-state index in [2.05, 4.69) is 10.3 Å². The molecule has 0 unspecified atom stereocenters. The number of imidazole rings is 1. The van der Waals surface area contributed by atoms with Crippen LogP contribution in [0.3, 0.4) is 0 Å². The summed E-state index contributed by atoms with van der Waals surface area (Å²) in [5.41, 5.74) is 14.9. The minimum absolute atomic E-state index is 0.0445. The molecule has 10 heteroatoms. The van der Waals surface area contributed by atoms with E-state index in [4.69, 9.17) is 15.9 Å². The van der Waals surface area contributed by atoms with Gasteiger partial charge in [0.2, 0.25) is 11.9 Å². The normalized spacial score (nSPS) is 10.9. The quantitative estimate of drug-likeness (QED) is 0.259. The number of fused-ring (bicyclic) bond motifs is 1. The van der Waals surface area contributed by atoms with Crippen LogP contribution < -0.4 is 21.7 Å². The summed E-state index contributed by atoms with van der Waals surface area (Å²) >= 11 is 0. The second-order valence-electron chi connectivity index (χ2n) is 8.95. The maximum absolute atomic E-state index is 13.1. The number of carbonyl (C=O) groups excluding carboxylic acids is 3. The Morgan fingerprint density at radius 1 is 0.974 bits per heavy atom. The lowest BCUT2D eigenvalue weighted by atomic mass is 10.1. The van der Waals surface area contributed by atoms with Crippen molar-refractivity contribution >= 4 is 46.1 Å². The van der Waals surface area contributed by atoms with Crippen LogP contribution in [-0.2, 0) is 11.3 Å². The zero-order chi connectivity index (χ0) is 27.5. The number of hydrogen-bond acceptors (Lipinski definition) is 6. The molecule has 0 aliphatic carbocycles. The molecular formula is C29H26N6O4. The highest BCUT2D eigenvalue weighted by molar-refractivity contribution is 6.07. The largest absolute Gasteiger partial charge is 0.451 e. The van der Waals surface area contributed by atoms with Crippen LogP contribution in [0, 0.1) is 0 Å². The fraction of sp³-hybridized carbons (Fsp3) is 0.103. The minimum atomic E-state index is -0.516. The second-order valence-corrected chi connectivity index (χ2v) is 8.95. The Morgan fingerprint density at radius 3 is 2.51 bits per heavy atom. The van der Waals surface area contributed by atoms with Crippen molar-refractivity contribution in [3.05, 3.63) is 96.3 Å². The van der Waals surface area contributed by atoms with Crippen molar-refractivity contribution in [3.63, 3.8) is 0 Å². The first-order valence-corrected chi connectivity index (χ1v) is 12.2. The third-order valence-electron chi connectivity index (χ3n) is 6.25. The first kappa shape index (κ1) is 25.3. The van der Waals surface area contributed by atoms with Crippen LogP contribution in [0.2, 0.25) is 0 Å². The number of aromatic nitrogens is 2. The third kappa shape index (κ3) is 5.35. The third-order valence-corrected chi connectivity index (χ3v) is 6.25. The maximum atomic E-state index is 13.1. The number of nitrogen functional groups attached to an aromatic ring is 1. The molecule has 0 atom stereocenters. The predicted molar refractivity (Wildman–Crippen MR) is 149 cm³/mol. The van der Waals surface area contributed by atoms with Gasteiger partial charge in [-0.25, -0.2) is 4.98 Å². The van der Waals surface area contributed by atoms with Crippen LogP contribution in [0.15, 0.2) is 89.3 Å². The van der Waals surface area contributed by atoms with E-state index in [-0.39, 0.29) is 30.6 Å². The summed E-state index contributed by atoms with van der Waals surface area (Å²) in [6, 6.07) is 24.6. The van der Waals surface area contributed by atoms with Crippen molar-refractivity contribution in [2.45, 2.75) is 13.0 Å². The van der Waals surface area contributed by atoms with Gasteiger partial charge in [0.25, 0.3) is 11.8 Å². The summed E-state index contributed by atoms with van der Waals surface area (Å²) in [7, 11) is 1.68. The van der Waals surface area contributed by atoms with Gasteiger partial charge in [-0.2, -0.15) is 0 Å². The number of nitrogens with one attached hydrogen (secondary N) is 1. The summed E-state index contributed by atoms with van der Waals surface area (Å²) in [6.45, 7) is 0.201. The van der Waals surface area contributed by atoms with Gasteiger partial charge in [-0.15, -0.1) is 0 Å². The van der Waals surface area contributed by atoms with Gasteiger partial charge in [-0.3, -0.25) is 19.7 Å². The van der Waals surface area contributed by atoms with Gasteiger partial charge in [0, 0.05) is 42.5 Å². The number of hydrogen-bond donors (Lipinski definition) is 3. The second kappa shape index (κ2) is 10.5. The molecule has 0 bridgehead atoms. The van der Waals surface area contributed by atoms with Gasteiger partial charge in [0.05, 0.1) is 11.0 Å². The SMILES string of the molecule is CN(C(=O)c1ccccc1)c1ccc2c(c1)nc(NC(=O)c1ccc(-c3cccc(N)c3)o1)n2CCC(N)=O. The monoisotopic (exact) mass is 522 g/mol. The van der Waals surface area contributed by atoms with E-state index in [0.29, 0.717) is 33.7 Å². The van der Waals surface area contributed by atoms with Crippen molar-refractivity contribution in [1.82, 2.24) is 9.55 Å². The number of carbonyl (C=O) groups is 3. The van der Waals surface area contributed by atoms with Crippen molar-refractivity contribution in [2.75, 3.05) is 23.0 Å². The van der Waals surface area contributed by atoms with E-state index in [1.54, 1.807) is 84.4 Å². The first-order chi connectivity index (χ1) is 18.8. The zero-order valence-electron chi connectivity index (χ0n) is 21.1. The molecule has 39 heavy (non-hydrogen) atoms. The Morgan fingerprint density at radius 2 is 1.77 bits per heavy atom. The highest BCUT2D eigenvalue weighted by atomic mass is 16.4. The van der Waals surface area contributed by atoms with Gasteiger partial charge >= 0.3 is 0 Å². The summed E-state index contributed by atoms with van der Waals surface area (Å²) < 4.78 is 7.46. The minimum Gasteiger partial charge on any atom is -0.451 e. The van der Waals surface area contributed by atoms with Gasteiger partial charge in [-0.1, -0.05) is 30.3 Å². The molecule has 196 valence electrons. The lowest BCUT2D eigenvalue weighted by Crippen LogP contribution is -2.26. The summed E-state index contributed by atoms with van der Waals surface area (Å²) in [6.07, 6.45) is 0.0445. The molecule has 5 aromatic rings. The van der Waals surface area contributed by atoms with Crippen LogP contribution >= 0.6 is 0 Å². The predicted octanol–water partition coefficient (Wildman–Crippen LogP) is 4.28. The molecule has 0 spiro atoms.